The van der Waals surface area contributed by atoms with E-state index >= 15 is 0 Å². The van der Waals surface area contributed by atoms with Gasteiger partial charge in [-0.1, -0.05) is 71.5 Å². The number of aryl methyl sites for hydroxylation is 1. The highest BCUT2D eigenvalue weighted by molar-refractivity contribution is 8.26. The van der Waals surface area contributed by atoms with E-state index in [4.69, 9.17) is 28.6 Å². The predicted molar refractivity (Wildman–Crippen MR) is 117 cm³/mol. The minimum absolute atomic E-state index is 0.108. The Hall–Kier alpha value is -2.08. The Kier molecular flexibility index (Phi) is 6.37. The van der Waals surface area contributed by atoms with Crippen molar-refractivity contribution < 1.29 is 9.53 Å². The molecule has 0 aromatic heterocycles. The van der Waals surface area contributed by atoms with Gasteiger partial charge < -0.3 is 4.74 Å². The summed E-state index contributed by atoms with van der Waals surface area (Å²) in [6.45, 7) is 6.43. The lowest BCUT2D eigenvalue weighted by molar-refractivity contribution is -0.121. The molecule has 1 aliphatic rings. The van der Waals surface area contributed by atoms with Gasteiger partial charge in [-0.2, -0.15) is 0 Å². The molecule has 0 aliphatic carbocycles. The van der Waals surface area contributed by atoms with Gasteiger partial charge in [-0.15, -0.1) is 6.58 Å². The van der Waals surface area contributed by atoms with Crippen LogP contribution < -0.4 is 4.74 Å². The fourth-order valence-electron chi connectivity index (χ4n) is 2.61. The Morgan fingerprint density at radius 3 is 2.81 bits per heavy atom. The number of halogens is 1. The summed E-state index contributed by atoms with van der Waals surface area (Å²) in [5, 5.41) is 0.663. The van der Waals surface area contributed by atoms with Crippen molar-refractivity contribution in [3.8, 4) is 5.75 Å². The van der Waals surface area contributed by atoms with Crippen LogP contribution in [0.25, 0.3) is 6.08 Å². The van der Waals surface area contributed by atoms with E-state index in [2.05, 4.69) is 6.58 Å². The molecule has 0 unspecified atom stereocenters. The predicted octanol–water partition coefficient (Wildman–Crippen LogP) is 5.61. The van der Waals surface area contributed by atoms with Crippen molar-refractivity contribution >= 4 is 51.9 Å². The highest BCUT2D eigenvalue weighted by Crippen LogP contribution is 2.34. The van der Waals surface area contributed by atoms with Crippen LogP contribution in [0.2, 0.25) is 5.02 Å². The Labute approximate surface area is 173 Å². The lowest BCUT2D eigenvalue weighted by atomic mass is 10.1. The standard InChI is InChI=1S/C21H18ClNO2S2/c1-3-10-23-20(24)19(27-21(23)26)12-16-11-14(2)8-9-18(16)25-13-15-6-4-5-7-17(15)22/h3-9,11-12H,1,10,13H2,2H3/b19-12-. The van der Waals surface area contributed by atoms with E-state index in [0.717, 1.165) is 16.7 Å². The van der Waals surface area contributed by atoms with Gasteiger partial charge in [0.15, 0.2) is 0 Å². The summed E-state index contributed by atoms with van der Waals surface area (Å²) in [5.74, 6) is 0.581. The van der Waals surface area contributed by atoms with Gasteiger partial charge in [0.1, 0.15) is 16.7 Å². The van der Waals surface area contributed by atoms with Crippen molar-refractivity contribution in [2.24, 2.45) is 0 Å². The molecule has 0 saturated carbocycles. The van der Waals surface area contributed by atoms with E-state index in [1.54, 1.807) is 11.0 Å². The zero-order valence-electron chi connectivity index (χ0n) is 14.8. The molecule has 6 heteroatoms. The number of amides is 1. The van der Waals surface area contributed by atoms with E-state index in [9.17, 15) is 4.79 Å². The van der Waals surface area contributed by atoms with Crippen LogP contribution in [-0.4, -0.2) is 21.7 Å². The minimum atomic E-state index is -0.108. The summed E-state index contributed by atoms with van der Waals surface area (Å²) >= 11 is 12.8. The van der Waals surface area contributed by atoms with E-state index < -0.39 is 0 Å². The normalized spacial score (nSPS) is 15.5. The van der Waals surface area contributed by atoms with Gasteiger partial charge in [-0.3, -0.25) is 9.69 Å². The molecule has 2 aromatic carbocycles. The number of rotatable bonds is 6. The van der Waals surface area contributed by atoms with E-state index in [1.165, 1.54) is 11.8 Å². The van der Waals surface area contributed by atoms with Gasteiger partial charge in [0.2, 0.25) is 0 Å². The first-order valence-corrected chi connectivity index (χ1v) is 9.93. The molecule has 0 radical (unpaired) electrons. The Morgan fingerprint density at radius 2 is 2.07 bits per heavy atom. The van der Waals surface area contributed by atoms with Crippen LogP contribution in [0.5, 0.6) is 5.75 Å². The topological polar surface area (TPSA) is 29.5 Å². The number of thioether (sulfide) groups is 1. The van der Waals surface area contributed by atoms with E-state index in [-0.39, 0.29) is 5.91 Å². The number of ether oxygens (including phenoxy) is 1. The molecule has 3 nitrogen and oxygen atoms in total. The first kappa shape index (κ1) is 19.7. The average Bonchev–Trinajstić information content (AvgIpc) is 2.90. The van der Waals surface area contributed by atoms with Crippen LogP contribution in [0.15, 0.2) is 60.0 Å². The third-order valence-electron chi connectivity index (χ3n) is 3.98. The molecule has 1 heterocycles. The highest BCUT2D eigenvalue weighted by atomic mass is 35.5. The molecular weight excluding hydrogens is 398 g/mol. The van der Waals surface area contributed by atoms with Crippen LogP contribution in [0, 0.1) is 6.92 Å². The lowest BCUT2D eigenvalue weighted by Crippen LogP contribution is -2.27. The maximum absolute atomic E-state index is 12.6. The monoisotopic (exact) mass is 415 g/mol. The van der Waals surface area contributed by atoms with Crippen molar-refractivity contribution in [2.45, 2.75) is 13.5 Å². The van der Waals surface area contributed by atoms with Crippen molar-refractivity contribution in [1.82, 2.24) is 4.90 Å². The second kappa shape index (κ2) is 8.74. The molecule has 138 valence electrons. The van der Waals surface area contributed by atoms with Crippen LogP contribution in [0.4, 0.5) is 0 Å². The second-order valence-corrected chi connectivity index (χ2v) is 8.09. The van der Waals surface area contributed by atoms with Crippen molar-refractivity contribution in [1.29, 1.82) is 0 Å². The van der Waals surface area contributed by atoms with Crippen LogP contribution in [0.3, 0.4) is 0 Å². The molecule has 2 aromatic rings. The Bertz CT molecular complexity index is 940. The second-order valence-electron chi connectivity index (χ2n) is 6.00. The number of carbonyl (C=O) groups excluding carboxylic acids is 1. The lowest BCUT2D eigenvalue weighted by Gasteiger charge is -2.12. The molecular formula is C21H18ClNO2S2. The van der Waals surface area contributed by atoms with Gasteiger partial charge in [-0.05, 0) is 31.2 Å². The van der Waals surface area contributed by atoms with E-state index in [0.29, 0.717) is 33.1 Å². The molecule has 0 atom stereocenters. The van der Waals surface area contributed by atoms with Gasteiger partial charge in [-0.25, -0.2) is 0 Å². The molecule has 1 saturated heterocycles. The smallest absolute Gasteiger partial charge is 0.266 e. The van der Waals surface area contributed by atoms with Gasteiger partial charge >= 0.3 is 0 Å². The molecule has 1 aliphatic heterocycles. The zero-order valence-corrected chi connectivity index (χ0v) is 17.2. The maximum Gasteiger partial charge on any atom is 0.266 e. The fraction of sp³-hybridized carbons (Fsp3) is 0.143. The van der Waals surface area contributed by atoms with Crippen LogP contribution in [-0.2, 0) is 11.4 Å². The maximum atomic E-state index is 12.6. The first-order chi connectivity index (χ1) is 13.0. The van der Waals surface area contributed by atoms with Crippen LogP contribution in [0.1, 0.15) is 16.7 Å². The molecule has 0 bridgehead atoms. The third kappa shape index (κ3) is 4.61. The summed E-state index contributed by atoms with van der Waals surface area (Å²) < 4.78 is 6.53. The summed E-state index contributed by atoms with van der Waals surface area (Å²) in [5.41, 5.74) is 2.82. The van der Waals surface area contributed by atoms with Crippen molar-refractivity contribution in [2.75, 3.05) is 6.54 Å². The molecule has 0 spiro atoms. The molecule has 0 N–H and O–H groups in total. The average molecular weight is 416 g/mol. The number of carbonyl (C=O) groups is 1. The Balaban J connectivity index is 1.86. The van der Waals surface area contributed by atoms with E-state index in [1.807, 2.05) is 55.5 Å². The number of hydrogen-bond acceptors (Lipinski definition) is 4. The number of thiocarbonyl (C=S) groups is 1. The molecule has 1 fully saturated rings. The molecule has 3 rings (SSSR count). The Morgan fingerprint density at radius 1 is 1.30 bits per heavy atom. The van der Waals surface area contributed by atoms with Crippen LogP contribution >= 0.6 is 35.6 Å². The highest BCUT2D eigenvalue weighted by Gasteiger charge is 2.31. The van der Waals surface area contributed by atoms with Gasteiger partial charge in [0, 0.05) is 22.7 Å². The largest absolute Gasteiger partial charge is 0.488 e. The van der Waals surface area contributed by atoms with Gasteiger partial charge in [0.25, 0.3) is 5.91 Å². The first-order valence-electron chi connectivity index (χ1n) is 8.32. The number of hydrogen-bond donors (Lipinski definition) is 0. The minimum Gasteiger partial charge on any atom is -0.488 e. The quantitative estimate of drug-likeness (QED) is 0.348. The summed E-state index contributed by atoms with van der Waals surface area (Å²) in [7, 11) is 0. The molecule has 27 heavy (non-hydrogen) atoms. The summed E-state index contributed by atoms with van der Waals surface area (Å²) in [6.07, 6.45) is 3.50. The molecule has 1 amide bonds. The van der Waals surface area contributed by atoms with Crippen molar-refractivity contribution in [3.05, 3.63) is 81.7 Å². The number of benzene rings is 2. The third-order valence-corrected chi connectivity index (χ3v) is 5.72. The summed E-state index contributed by atoms with van der Waals surface area (Å²) in [6, 6.07) is 13.4. The fourth-order valence-corrected chi connectivity index (χ4v) is 4.07. The zero-order chi connectivity index (χ0) is 19.4. The number of nitrogens with zero attached hydrogens (tertiary/aromatic N) is 1. The summed E-state index contributed by atoms with van der Waals surface area (Å²) in [4.78, 5) is 14.7. The SMILES string of the molecule is C=CCN1C(=O)/C(=C/c2cc(C)ccc2OCc2ccccc2Cl)SC1=S. The van der Waals surface area contributed by atoms with Gasteiger partial charge in [0.05, 0.1) is 4.91 Å². The van der Waals surface area contributed by atoms with Crippen molar-refractivity contribution in [3.63, 3.8) is 0 Å².